The first-order valence-corrected chi connectivity index (χ1v) is 24.8. The van der Waals surface area contributed by atoms with Crippen molar-refractivity contribution < 1.29 is 43.9 Å². The van der Waals surface area contributed by atoms with Crippen LogP contribution in [0, 0.1) is 0 Å². The molecule has 0 fully saturated rings. The first-order chi connectivity index (χ1) is 27.3. The fourth-order valence-electron chi connectivity index (χ4n) is 3.84. The van der Waals surface area contributed by atoms with E-state index in [0.29, 0.717) is 13.0 Å². The second-order valence-electron chi connectivity index (χ2n) is 10.7. The largest absolute Gasteiger partial charge is 0.462 e. The summed E-state index contributed by atoms with van der Waals surface area (Å²) < 4.78 is 19.9. The van der Waals surface area contributed by atoms with E-state index in [4.69, 9.17) is 14.2 Å². The van der Waals surface area contributed by atoms with E-state index < -0.39 is 92.7 Å². The van der Waals surface area contributed by atoms with Crippen molar-refractivity contribution in [1.82, 2.24) is 44.3 Å². The first-order valence-electron chi connectivity index (χ1n) is 15.8. The number of hydrogen-bond donors (Lipinski definition) is 3. The molecular formula is C27H33N9O12S9. The molecule has 0 saturated heterocycles. The first kappa shape index (κ1) is 47.2. The van der Waals surface area contributed by atoms with E-state index in [1.54, 1.807) is 0 Å². The van der Waals surface area contributed by atoms with Crippen molar-refractivity contribution in [1.29, 1.82) is 0 Å². The molecule has 30 heteroatoms. The van der Waals surface area contributed by atoms with E-state index in [0.717, 1.165) is 13.0 Å². The lowest BCUT2D eigenvalue weighted by Gasteiger charge is -2.15. The van der Waals surface area contributed by atoms with Gasteiger partial charge in [0.05, 0.1) is 18.3 Å². The molecule has 4 aromatic heterocycles. The number of carbonyl (C=O) groups excluding carboxylic acids is 3. The van der Waals surface area contributed by atoms with Crippen LogP contribution in [0.15, 0.2) is 40.4 Å². The molecule has 4 aromatic rings. The predicted molar refractivity (Wildman–Crippen MR) is 217 cm³/mol. The zero-order chi connectivity index (χ0) is 41.5. The molecule has 0 aromatic carbocycles. The molecule has 4 heterocycles. The number of esters is 3. The molecular weight excluding hydrogens is 931 g/mol. The van der Waals surface area contributed by atoms with Crippen molar-refractivity contribution in [3.8, 4) is 0 Å². The molecule has 0 amide bonds. The highest BCUT2D eigenvalue weighted by Crippen LogP contribution is 2.29. The zero-order valence-electron chi connectivity index (χ0n) is 29.8. The maximum Gasteiger partial charge on any atom is 0.337 e. The van der Waals surface area contributed by atoms with E-state index in [2.05, 4.69) is 30.6 Å². The zero-order valence-corrected chi connectivity index (χ0v) is 37.2. The molecule has 0 radical (unpaired) electrons. The second kappa shape index (κ2) is 23.9. The molecule has 0 saturated carbocycles. The number of carbonyl (C=O) groups is 3. The lowest BCUT2D eigenvalue weighted by Crippen LogP contribution is -2.56. The SMILES string of the molecule is CSc1nnc(SCC(O)COC(=O)Cn2c(=O)n(CC(=O)OCC(O)CSc3nnc(SC)s3)c(=O)n(CC(=O)OCC(O)CSc3nnc(SC)s3)c2=O)s1. The van der Waals surface area contributed by atoms with Crippen molar-refractivity contribution >= 4 is 122 Å². The van der Waals surface area contributed by atoms with Gasteiger partial charge in [0.1, 0.15) is 39.5 Å². The quantitative estimate of drug-likeness (QED) is 0.0473. The Morgan fingerprint density at radius 2 is 0.754 bits per heavy atom. The van der Waals surface area contributed by atoms with Crippen LogP contribution in [-0.4, -0.2) is 152 Å². The summed E-state index contributed by atoms with van der Waals surface area (Å²) in [5, 5.41) is 54.7. The normalized spacial score (nSPS) is 12.9. The van der Waals surface area contributed by atoms with Gasteiger partial charge in [0.2, 0.25) is 0 Å². The lowest BCUT2D eigenvalue weighted by molar-refractivity contribution is -0.147. The van der Waals surface area contributed by atoms with E-state index in [9.17, 15) is 44.1 Å². The van der Waals surface area contributed by atoms with Gasteiger partial charge in [0.25, 0.3) is 0 Å². The molecule has 3 N–H and O–H groups in total. The number of ether oxygens (including phenoxy) is 3. The van der Waals surface area contributed by atoms with Gasteiger partial charge >= 0.3 is 35.0 Å². The minimum absolute atomic E-state index is 0.0705. The van der Waals surface area contributed by atoms with Gasteiger partial charge in [-0.15, -0.1) is 30.6 Å². The number of thioether (sulfide) groups is 6. The number of nitrogens with zero attached hydrogens (tertiary/aromatic N) is 9. The summed E-state index contributed by atoms with van der Waals surface area (Å²) >= 11 is 11.7. The van der Waals surface area contributed by atoms with E-state index in [1.807, 2.05) is 18.8 Å². The van der Waals surface area contributed by atoms with Crippen LogP contribution >= 0.6 is 105 Å². The van der Waals surface area contributed by atoms with Crippen molar-refractivity contribution in [2.45, 2.75) is 64.0 Å². The number of aromatic nitrogens is 9. The van der Waals surface area contributed by atoms with E-state index in [-0.39, 0.29) is 31.0 Å². The van der Waals surface area contributed by atoms with Gasteiger partial charge in [-0.2, -0.15) is 0 Å². The summed E-state index contributed by atoms with van der Waals surface area (Å²) in [5.74, 6) is -3.28. The van der Waals surface area contributed by atoms with Crippen molar-refractivity contribution in [3.63, 3.8) is 0 Å². The van der Waals surface area contributed by atoms with E-state index in [1.165, 1.54) is 105 Å². The van der Waals surface area contributed by atoms with Crippen molar-refractivity contribution in [2.24, 2.45) is 0 Å². The maximum atomic E-state index is 13.4. The summed E-state index contributed by atoms with van der Waals surface area (Å²) in [4.78, 5) is 78.6. The highest BCUT2D eigenvalue weighted by molar-refractivity contribution is 8.03. The summed E-state index contributed by atoms with van der Waals surface area (Å²) in [6, 6.07) is 0. The number of aliphatic hydroxyl groups is 3. The number of rotatable bonds is 24. The third kappa shape index (κ3) is 15.2. The van der Waals surface area contributed by atoms with Crippen LogP contribution < -0.4 is 17.1 Å². The summed E-state index contributed by atoms with van der Waals surface area (Å²) in [5.41, 5.74) is -4.23. The number of hydrogen-bond acceptors (Lipinski definition) is 27. The highest BCUT2D eigenvalue weighted by atomic mass is 32.2. The molecule has 0 aliphatic heterocycles. The molecule has 0 aliphatic rings. The van der Waals surface area contributed by atoms with Gasteiger partial charge in [-0.05, 0) is 18.8 Å². The van der Waals surface area contributed by atoms with E-state index >= 15 is 0 Å². The predicted octanol–water partition coefficient (Wildman–Crippen LogP) is -0.0189. The third-order valence-electron chi connectivity index (χ3n) is 6.44. The molecule has 3 atom stereocenters. The van der Waals surface area contributed by atoms with Crippen LogP contribution in [0.2, 0.25) is 0 Å². The Balaban J connectivity index is 1.42. The van der Waals surface area contributed by atoms with Crippen molar-refractivity contribution in [3.05, 3.63) is 31.5 Å². The summed E-state index contributed by atoms with van der Waals surface area (Å²) in [6.45, 7) is -4.81. The van der Waals surface area contributed by atoms with Crippen LogP contribution in [-0.2, 0) is 48.2 Å². The van der Waals surface area contributed by atoms with Crippen LogP contribution in [0.4, 0.5) is 0 Å². The Morgan fingerprint density at radius 1 is 0.509 bits per heavy atom. The molecule has 3 unspecified atom stereocenters. The molecule has 0 bridgehead atoms. The Hall–Kier alpha value is -2.52. The minimum atomic E-state index is -1.41. The lowest BCUT2D eigenvalue weighted by atomic mass is 10.4. The molecule has 0 aliphatic carbocycles. The summed E-state index contributed by atoms with van der Waals surface area (Å²) in [7, 11) is 0. The fraction of sp³-hybridized carbons (Fsp3) is 0.556. The van der Waals surface area contributed by atoms with Gasteiger partial charge in [-0.25, -0.2) is 28.1 Å². The fourth-order valence-corrected chi connectivity index (χ4v) is 11.0. The average molecular weight is 964 g/mol. The third-order valence-corrected chi connectivity index (χ3v) is 16.0. The molecule has 4 rings (SSSR count). The monoisotopic (exact) mass is 963 g/mol. The van der Waals surface area contributed by atoms with Gasteiger partial charge in [0.15, 0.2) is 26.0 Å². The Labute approximate surface area is 359 Å². The van der Waals surface area contributed by atoms with Crippen LogP contribution in [0.25, 0.3) is 0 Å². The minimum Gasteiger partial charge on any atom is -0.462 e. The van der Waals surface area contributed by atoms with Gasteiger partial charge in [0, 0.05) is 17.3 Å². The van der Waals surface area contributed by atoms with Gasteiger partial charge < -0.3 is 29.5 Å². The standard InChI is InChI=1S/C27H33N9O12S9/c1-49-19-28-31-22(55-19)52-10-13(37)7-46-16(40)4-34-25(43)35(5-17(41)47-8-14(38)11-53-23-32-29-20(50-2)56-23)27(45)36(26(34)44)6-18(42)48-9-15(39)12-54-24-33-30-21(51-3)57-24/h13-15,37-39H,4-12H2,1-3H3. The topological polar surface area (TPSA) is 283 Å². The summed E-state index contributed by atoms with van der Waals surface area (Å²) in [6.07, 6.45) is 1.98. The number of aliphatic hydroxyl groups excluding tert-OH is 3. The van der Waals surface area contributed by atoms with Gasteiger partial charge in [-0.3, -0.25) is 14.4 Å². The Bertz CT molecular complexity index is 1880. The van der Waals surface area contributed by atoms with Crippen LogP contribution in [0.1, 0.15) is 0 Å². The molecule has 312 valence electrons. The Kier molecular flexibility index (Phi) is 19.8. The maximum absolute atomic E-state index is 13.4. The smallest absolute Gasteiger partial charge is 0.337 e. The Morgan fingerprint density at radius 3 is 0.982 bits per heavy atom. The van der Waals surface area contributed by atoms with Crippen molar-refractivity contribution in [2.75, 3.05) is 55.8 Å². The average Bonchev–Trinajstić information content (AvgIpc) is 3.99. The van der Waals surface area contributed by atoms with Crippen LogP contribution in [0.3, 0.4) is 0 Å². The molecule has 21 nitrogen and oxygen atoms in total. The molecule has 0 spiro atoms. The molecule has 57 heavy (non-hydrogen) atoms. The van der Waals surface area contributed by atoms with Gasteiger partial charge in [-0.1, -0.05) is 105 Å². The highest BCUT2D eigenvalue weighted by Gasteiger charge is 2.24. The second-order valence-corrected chi connectivity index (χ2v) is 20.6. The van der Waals surface area contributed by atoms with Crippen LogP contribution in [0.5, 0.6) is 0 Å².